The molecule has 2 aliphatic rings. The molecule has 98 valence electrons. The van der Waals surface area contributed by atoms with Crippen molar-refractivity contribution in [1.29, 1.82) is 0 Å². The minimum absolute atomic E-state index is 0.486. The number of hydrogen-bond donors (Lipinski definition) is 1. The summed E-state index contributed by atoms with van der Waals surface area (Å²) in [4.78, 5) is 0. The minimum Gasteiger partial charge on any atom is -0.377 e. The average Bonchev–Trinajstić information content (AvgIpc) is 2.46. The van der Waals surface area contributed by atoms with E-state index in [1.165, 1.54) is 37.7 Å². The Morgan fingerprint density at radius 2 is 1.94 bits per heavy atom. The highest BCUT2D eigenvalue weighted by molar-refractivity contribution is 5.32. The van der Waals surface area contributed by atoms with Crippen LogP contribution in [0.25, 0.3) is 0 Å². The molecule has 1 unspecified atom stereocenters. The summed E-state index contributed by atoms with van der Waals surface area (Å²) < 4.78 is 6.14. The van der Waals surface area contributed by atoms with E-state index in [0.29, 0.717) is 12.0 Å². The van der Waals surface area contributed by atoms with E-state index in [1.54, 1.807) is 5.56 Å². The number of rotatable bonds is 3. The van der Waals surface area contributed by atoms with Crippen LogP contribution in [0, 0.1) is 0 Å². The highest BCUT2D eigenvalue weighted by Crippen LogP contribution is 2.32. The van der Waals surface area contributed by atoms with Crippen LogP contribution >= 0.6 is 0 Å². The van der Waals surface area contributed by atoms with Gasteiger partial charge in [-0.05, 0) is 56.3 Å². The molecule has 1 aromatic rings. The fourth-order valence-corrected chi connectivity index (χ4v) is 3.24. The lowest BCUT2D eigenvalue weighted by Crippen LogP contribution is -2.33. The fraction of sp³-hybridized carbons (Fsp3) is 0.625. The number of nitrogens with one attached hydrogen (secondary N) is 1. The third kappa shape index (κ3) is 2.76. The number of ether oxygens (including phenoxy) is 1. The molecule has 0 amide bonds. The number of fused-ring (bicyclic) bond motifs is 1. The molecule has 0 spiro atoms. The van der Waals surface area contributed by atoms with Crippen LogP contribution in [0.1, 0.15) is 42.7 Å². The first-order valence-corrected chi connectivity index (χ1v) is 7.33. The first kappa shape index (κ1) is 12.2. The summed E-state index contributed by atoms with van der Waals surface area (Å²) in [6, 6.07) is 8.91. The molecule has 0 bridgehead atoms. The van der Waals surface area contributed by atoms with Crippen LogP contribution in [0.4, 0.5) is 0 Å². The van der Waals surface area contributed by atoms with Gasteiger partial charge in [-0.1, -0.05) is 24.3 Å². The van der Waals surface area contributed by atoms with E-state index < -0.39 is 0 Å². The highest BCUT2D eigenvalue weighted by atomic mass is 16.5. The molecule has 0 radical (unpaired) electrons. The van der Waals surface area contributed by atoms with E-state index in [-0.39, 0.29) is 0 Å². The minimum atomic E-state index is 0.486. The predicted octanol–water partition coefficient (Wildman–Crippen LogP) is 2.88. The average molecular weight is 245 g/mol. The van der Waals surface area contributed by atoms with Gasteiger partial charge in [-0.3, -0.25) is 0 Å². The van der Waals surface area contributed by atoms with Gasteiger partial charge in [0.2, 0.25) is 0 Å². The third-order valence-corrected chi connectivity index (χ3v) is 4.31. The zero-order valence-corrected chi connectivity index (χ0v) is 11.0. The van der Waals surface area contributed by atoms with Crippen LogP contribution < -0.4 is 5.32 Å². The zero-order valence-electron chi connectivity index (χ0n) is 11.0. The van der Waals surface area contributed by atoms with Crippen molar-refractivity contribution in [3.63, 3.8) is 0 Å². The monoisotopic (exact) mass is 245 g/mol. The van der Waals surface area contributed by atoms with Gasteiger partial charge in [-0.15, -0.1) is 0 Å². The van der Waals surface area contributed by atoms with Crippen molar-refractivity contribution in [3.05, 3.63) is 35.4 Å². The fourth-order valence-electron chi connectivity index (χ4n) is 3.24. The molecule has 1 aromatic carbocycles. The van der Waals surface area contributed by atoms with Crippen LogP contribution in [0.5, 0.6) is 0 Å². The maximum Gasteiger partial charge on any atom is 0.0599 e. The second-order valence-electron chi connectivity index (χ2n) is 5.57. The summed E-state index contributed by atoms with van der Waals surface area (Å²) in [5, 5.41) is 3.39. The Hall–Kier alpha value is -0.860. The summed E-state index contributed by atoms with van der Waals surface area (Å²) in [6.45, 7) is 3.15. The molecule has 0 aromatic heterocycles. The van der Waals surface area contributed by atoms with Crippen LogP contribution in [0.15, 0.2) is 24.3 Å². The molecule has 1 fully saturated rings. The topological polar surface area (TPSA) is 21.3 Å². The van der Waals surface area contributed by atoms with Crippen molar-refractivity contribution in [2.24, 2.45) is 0 Å². The molecule has 2 heteroatoms. The number of benzene rings is 1. The van der Waals surface area contributed by atoms with E-state index in [1.807, 2.05) is 0 Å². The van der Waals surface area contributed by atoms with Gasteiger partial charge in [0.25, 0.3) is 0 Å². The lowest BCUT2D eigenvalue weighted by atomic mass is 9.83. The molecule has 1 aliphatic heterocycles. The molecular weight excluding hydrogens is 222 g/mol. The second kappa shape index (κ2) is 5.85. The first-order chi connectivity index (χ1) is 8.93. The van der Waals surface area contributed by atoms with Crippen molar-refractivity contribution < 1.29 is 4.74 Å². The molecular formula is C16H23NO. The number of hydrogen-bond acceptors (Lipinski definition) is 2. The number of aryl methyl sites for hydroxylation is 1. The Balaban J connectivity index is 1.60. The highest BCUT2D eigenvalue weighted by Gasteiger charge is 2.22. The van der Waals surface area contributed by atoms with E-state index >= 15 is 0 Å². The first-order valence-electron chi connectivity index (χ1n) is 7.33. The molecule has 0 saturated carbocycles. The van der Waals surface area contributed by atoms with Gasteiger partial charge < -0.3 is 10.1 Å². The quantitative estimate of drug-likeness (QED) is 0.884. The summed E-state index contributed by atoms with van der Waals surface area (Å²) >= 11 is 0. The van der Waals surface area contributed by atoms with Crippen molar-refractivity contribution in [2.45, 2.75) is 44.1 Å². The van der Waals surface area contributed by atoms with E-state index in [2.05, 4.69) is 29.6 Å². The smallest absolute Gasteiger partial charge is 0.0599 e. The van der Waals surface area contributed by atoms with Gasteiger partial charge in [0.05, 0.1) is 12.7 Å². The predicted molar refractivity (Wildman–Crippen MR) is 74.0 cm³/mol. The molecule has 1 N–H and O–H groups in total. The van der Waals surface area contributed by atoms with Crippen molar-refractivity contribution in [1.82, 2.24) is 5.32 Å². The Morgan fingerprint density at radius 1 is 1.11 bits per heavy atom. The molecule has 2 nitrogen and oxygen atoms in total. The molecule has 18 heavy (non-hydrogen) atoms. The lowest BCUT2D eigenvalue weighted by molar-refractivity contribution is 0.0220. The van der Waals surface area contributed by atoms with Crippen LogP contribution in [0.3, 0.4) is 0 Å². The Labute approximate surface area is 110 Å². The largest absolute Gasteiger partial charge is 0.377 e. The van der Waals surface area contributed by atoms with Gasteiger partial charge in [0.1, 0.15) is 0 Å². The molecule has 1 aliphatic carbocycles. The SMILES string of the molecule is c1ccc2c(c1)CCCC2COC1CCNCC1. The van der Waals surface area contributed by atoms with Crippen molar-refractivity contribution in [3.8, 4) is 0 Å². The van der Waals surface area contributed by atoms with E-state index in [0.717, 1.165) is 19.7 Å². The van der Waals surface area contributed by atoms with Gasteiger partial charge in [0.15, 0.2) is 0 Å². The molecule has 1 heterocycles. The van der Waals surface area contributed by atoms with Gasteiger partial charge in [-0.2, -0.15) is 0 Å². The number of piperidine rings is 1. The van der Waals surface area contributed by atoms with Crippen LogP contribution in [0.2, 0.25) is 0 Å². The summed E-state index contributed by atoms with van der Waals surface area (Å²) in [5.74, 6) is 0.629. The van der Waals surface area contributed by atoms with Crippen molar-refractivity contribution in [2.75, 3.05) is 19.7 Å². The normalized spacial score (nSPS) is 24.8. The molecule has 1 saturated heterocycles. The second-order valence-corrected chi connectivity index (χ2v) is 5.57. The summed E-state index contributed by atoms with van der Waals surface area (Å²) in [6.07, 6.45) is 6.70. The maximum atomic E-state index is 6.14. The zero-order chi connectivity index (χ0) is 12.2. The molecule has 1 atom stereocenters. The van der Waals surface area contributed by atoms with E-state index in [9.17, 15) is 0 Å². The summed E-state index contributed by atoms with van der Waals surface area (Å²) in [7, 11) is 0. The van der Waals surface area contributed by atoms with Gasteiger partial charge >= 0.3 is 0 Å². The van der Waals surface area contributed by atoms with Gasteiger partial charge in [0, 0.05) is 5.92 Å². The Kier molecular flexibility index (Phi) is 3.96. The Bertz CT molecular complexity index is 384. The maximum absolute atomic E-state index is 6.14. The van der Waals surface area contributed by atoms with E-state index in [4.69, 9.17) is 4.74 Å². The standard InChI is InChI=1S/C16H23NO/c1-2-7-16-13(4-1)5-3-6-14(16)12-18-15-8-10-17-11-9-15/h1-2,4,7,14-15,17H,3,5-6,8-12H2. The van der Waals surface area contributed by atoms with Gasteiger partial charge in [-0.25, -0.2) is 0 Å². The van der Waals surface area contributed by atoms with Crippen LogP contribution in [-0.2, 0) is 11.2 Å². The third-order valence-electron chi connectivity index (χ3n) is 4.31. The van der Waals surface area contributed by atoms with Crippen LogP contribution in [-0.4, -0.2) is 25.8 Å². The summed E-state index contributed by atoms with van der Waals surface area (Å²) in [5.41, 5.74) is 3.08. The van der Waals surface area contributed by atoms with Crippen molar-refractivity contribution >= 4 is 0 Å². The Morgan fingerprint density at radius 3 is 2.83 bits per heavy atom. The lowest BCUT2D eigenvalue weighted by Gasteiger charge is -2.29. The molecule has 3 rings (SSSR count).